The zero-order chi connectivity index (χ0) is 24.3. The summed E-state index contributed by atoms with van der Waals surface area (Å²) in [6.07, 6.45) is -17.5. The number of ether oxygens (including phenoxy) is 2. The summed E-state index contributed by atoms with van der Waals surface area (Å²) in [7, 11) is 0. The molecular weight excluding hydrogens is 432 g/mol. The molecule has 15 nitrogen and oxygen atoms in total. The highest BCUT2D eigenvalue weighted by atomic mass is 16.7. The van der Waals surface area contributed by atoms with Gasteiger partial charge in [0.2, 0.25) is 0 Å². The molecule has 1 rings (SSSR count). The largest absolute Gasteiger partial charge is 0.394 e. The Morgan fingerprint density at radius 1 is 0.613 bits per heavy atom. The van der Waals surface area contributed by atoms with Crippen molar-refractivity contribution in [1.82, 2.24) is 0 Å². The Labute approximate surface area is 177 Å². The molecule has 0 aromatic carbocycles. The maximum Gasteiger partial charge on any atom is 0.187 e. The van der Waals surface area contributed by atoms with E-state index >= 15 is 0 Å². The minimum absolute atomic E-state index is 0.526. The number of hydrogen-bond donors (Lipinski definition) is 13. The van der Waals surface area contributed by atoms with Crippen LogP contribution < -0.4 is 0 Å². The van der Waals surface area contributed by atoms with Gasteiger partial charge in [-0.3, -0.25) is 0 Å². The third kappa shape index (κ3) is 9.04. The van der Waals surface area contributed by atoms with E-state index in [9.17, 15) is 30.6 Å². The molecule has 2 unspecified atom stereocenters. The molecule has 0 bridgehead atoms. The predicted octanol–water partition coefficient (Wildman–Crippen LogP) is -8.07. The maximum atomic E-state index is 9.83. The molecule has 13 N–H and O–H groups in total. The first-order valence-corrected chi connectivity index (χ1v) is 9.30. The van der Waals surface area contributed by atoms with Gasteiger partial charge in [0.15, 0.2) is 6.29 Å². The van der Waals surface area contributed by atoms with Gasteiger partial charge in [-0.1, -0.05) is 0 Å². The van der Waals surface area contributed by atoms with Crippen LogP contribution in [0.3, 0.4) is 0 Å². The van der Waals surface area contributed by atoms with Crippen LogP contribution in [0.2, 0.25) is 0 Å². The van der Waals surface area contributed by atoms with Gasteiger partial charge in [-0.05, 0) is 0 Å². The normalized spacial score (nSPS) is 32.2. The summed E-state index contributed by atoms with van der Waals surface area (Å²) in [5.41, 5.74) is 0. The molecule has 31 heavy (non-hydrogen) atoms. The Hall–Kier alpha value is -0.600. The lowest BCUT2D eigenvalue weighted by Crippen LogP contribution is -2.61. The smallest absolute Gasteiger partial charge is 0.187 e. The summed E-state index contributed by atoms with van der Waals surface area (Å²) in [6, 6.07) is 0. The topological polar surface area (TPSA) is 281 Å². The van der Waals surface area contributed by atoms with Crippen molar-refractivity contribution in [3.05, 3.63) is 0 Å². The van der Waals surface area contributed by atoms with Crippen LogP contribution in [0.1, 0.15) is 0 Å². The monoisotopic (exact) mass is 466 g/mol. The molecule has 15 heteroatoms. The van der Waals surface area contributed by atoms with Crippen LogP contribution in [0.5, 0.6) is 0 Å². The van der Waals surface area contributed by atoms with Gasteiger partial charge in [-0.25, -0.2) is 0 Å². The lowest BCUT2D eigenvalue weighted by molar-refractivity contribution is -0.327. The number of rotatable bonds is 11. The summed E-state index contributed by atoms with van der Waals surface area (Å²) in [6.45, 7) is -3.51. The van der Waals surface area contributed by atoms with Crippen LogP contribution >= 0.6 is 0 Å². The highest BCUT2D eigenvalue weighted by Crippen LogP contribution is 2.24. The molecule has 0 saturated carbocycles. The van der Waals surface area contributed by atoms with Crippen LogP contribution in [-0.2, 0) is 9.47 Å². The SMILES string of the molecule is OCC(O)C(O)CO.OC[C@@H](O)[C@@H](O[C@@H]1O[C@H](CO)[C@H](O)[C@H](O)[C@H]1O)[C@H](O)[C@@H](O)CO. The fourth-order valence-corrected chi connectivity index (χ4v) is 2.41. The van der Waals surface area contributed by atoms with E-state index in [1.54, 1.807) is 0 Å². The molecule has 1 heterocycles. The lowest BCUT2D eigenvalue weighted by Gasteiger charge is -2.42. The molecule has 0 spiro atoms. The number of hydrogen-bond acceptors (Lipinski definition) is 15. The molecule has 1 fully saturated rings. The molecule has 0 aromatic rings. The zero-order valence-corrected chi connectivity index (χ0v) is 16.5. The summed E-state index contributed by atoms with van der Waals surface area (Å²) >= 11 is 0. The molecule has 1 aliphatic rings. The van der Waals surface area contributed by atoms with Gasteiger partial charge in [0.25, 0.3) is 0 Å². The molecule has 0 aliphatic carbocycles. The Balaban J connectivity index is 0.000000954. The minimum atomic E-state index is -1.85. The predicted molar refractivity (Wildman–Crippen MR) is 97.0 cm³/mol. The molecule has 11 atom stereocenters. The summed E-state index contributed by atoms with van der Waals surface area (Å²) < 4.78 is 10.1. The van der Waals surface area contributed by atoms with Gasteiger partial charge >= 0.3 is 0 Å². The van der Waals surface area contributed by atoms with E-state index in [0.717, 1.165) is 0 Å². The standard InChI is InChI=1S/C12H24O11.C4H10O4/c13-1-4(16)7(18)11(5(17)2-14)23-12-10(21)9(20)8(19)6(3-15)22-12;5-1-3(7)4(8)2-6/h4-21H,1-3H2;3-8H,1-2H2/t4-,5+,6+,7+,8-,9-,10+,11+,12-;/m0./s1. The minimum Gasteiger partial charge on any atom is -0.394 e. The van der Waals surface area contributed by atoms with Crippen molar-refractivity contribution in [3.63, 3.8) is 0 Å². The molecule has 188 valence electrons. The Bertz CT molecular complexity index is 447. The highest BCUT2D eigenvalue weighted by Gasteiger charge is 2.46. The van der Waals surface area contributed by atoms with Gasteiger partial charge < -0.3 is 75.9 Å². The van der Waals surface area contributed by atoms with Crippen LogP contribution in [-0.4, -0.2) is 167 Å². The van der Waals surface area contributed by atoms with Crippen LogP contribution in [0, 0.1) is 0 Å². The van der Waals surface area contributed by atoms with E-state index in [4.69, 9.17) is 45.2 Å². The van der Waals surface area contributed by atoms with Crippen molar-refractivity contribution in [2.45, 2.75) is 67.3 Å². The van der Waals surface area contributed by atoms with Gasteiger partial charge in [0, 0.05) is 0 Å². The molecule has 0 amide bonds. The van der Waals surface area contributed by atoms with E-state index < -0.39 is 100 Å². The van der Waals surface area contributed by atoms with Crippen molar-refractivity contribution in [1.29, 1.82) is 0 Å². The van der Waals surface area contributed by atoms with Gasteiger partial charge in [0.05, 0.1) is 33.0 Å². The Kier molecular flexibility index (Phi) is 15.0. The second-order valence-corrected chi connectivity index (χ2v) is 6.79. The van der Waals surface area contributed by atoms with Gasteiger partial charge in [-0.2, -0.15) is 0 Å². The molecule has 0 radical (unpaired) electrons. The lowest BCUT2D eigenvalue weighted by atomic mass is 9.98. The van der Waals surface area contributed by atoms with E-state index in [1.807, 2.05) is 0 Å². The van der Waals surface area contributed by atoms with E-state index in [-0.39, 0.29) is 0 Å². The van der Waals surface area contributed by atoms with Crippen LogP contribution in [0.4, 0.5) is 0 Å². The van der Waals surface area contributed by atoms with Gasteiger partial charge in [0.1, 0.15) is 61.0 Å². The number of aliphatic hydroxyl groups is 13. The zero-order valence-electron chi connectivity index (χ0n) is 16.5. The second-order valence-electron chi connectivity index (χ2n) is 6.79. The van der Waals surface area contributed by atoms with Crippen molar-refractivity contribution in [2.75, 3.05) is 33.0 Å². The second kappa shape index (κ2) is 15.3. The van der Waals surface area contributed by atoms with Gasteiger partial charge in [-0.15, -0.1) is 0 Å². The fourth-order valence-electron chi connectivity index (χ4n) is 2.41. The molecule has 1 aliphatic heterocycles. The fraction of sp³-hybridized carbons (Fsp3) is 1.00. The molecule has 1 saturated heterocycles. The Morgan fingerprint density at radius 2 is 1.06 bits per heavy atom. The molecule has 0 aromatic heterocycles. The van der Waals surface area contributed by atoms with E-state index in [0.29, 0.717) is 0 Å². The first-order chi connectivity index (χ1) is 14.5. The third-order valence-electron chi connectivity index (χ3n) is 4.44. The maximum absolute atomic E-state index is 9.83. The van der Waals surface area contributed by atoms with Crippen molar-refractivity contribution in [3.8, 4) is 0 Å². The van der Waals surface area contributed by atoms with Crippen molar-refractivity contribution >= 4 is 0 Å². The average molecular weight is 466 g/mol. The summed E-state index contributed by atoms with van der Waals surface area (Å²) in [5, 5.41) is 118. The van der Waals surface area contributed by atoms with Crippen molar-refractivity contribution < 1.29 is 75.9 Å². The number of aliphatic hydroxyl groups excluding tert-OH is 13. The average Bonchev–Trinajstić information content (AvgIpc) is 2.79. The first-order valence-electron chi connectivity index (χ1n) is 9.30. The molecular formula is C16H34O15. The summed E-state index contributed by atoms with van der Waals surface area (Å²) in [5.74, 6) is 0. The quantitative estimate of drug-likeness (QED) is 0.135. The highest BCUT2D eigenvalue weighted by molar-refractivity contribution is 4.91. The Morgan fingerprint density at radius 3 is 1.45 bits per heavy atom. The van der Waals surface area contributed by atoms with Crippen molar-refractivity contribution in [2.24, 2.45) is 0 Å². The third-order valence-corrected chi connectivity index (χ3v) is 4.44. The van der Waals surface area contributed by atoms with Crippen LogP contribution in [0.15, 0.2) is 0 Å². The van der Waals surface area contributed by atoms with E-state index in [1.165, 1.54) is 0 Å². The van der Waals surface area contributed by atoms with Crippen LogP contribution in [0.25, 0.3) is 0 Å². The van der Waals surface area contributed by atoms with E-state index in [2.05, 4.69) is 0 Å². The first kappa shape index (κ1) is 30.4. The summed E-state index contributed by atoms with van der Waals surface area (Å²) in [4.78, 5) is 0.